The van der Waals surface area contributed by atoms with E-state index in [4.69, 9.17) is 4.74 Å². The zero-order valence-corrected chi connectivity index (χ0v) is 8.25. The second kappa shape index (κ2) is 3.96. The average molecular weight is 202 g/mol. The molecule has 4 heteroatoms. The van der Waals surface area contributed by atoms with Crippen LogP contribution < -0.4 is 4.74 Å². The van der Waals surface area contributed by atoms with Crippen molar-refractivity contribution in [3.05, 3.63) is 48.3 Å². The zero-order chi connectivity index (χ0) is 10.7. The summed E-state index contributed by atoms with van der Waals surface area (Å²) < 4.78 is 6.30. The first-order valence-electron chi connectivity index (χ1n) is 4.49. The van der Waals surface area contributed by atoms with Crippen molar-refractivity contribution in [2.75, 3.05) is 7.11 Å². The first kappa shape index (κ1) is 9.45. The molecule has 1 aromatic carbocycles. The summed E-state index contributed by atoms with van der Waals surface area (Å²) in [6.07, 6.45) is 3.19. The molecule has 0 unspecified atom stereocenters. The number of benzene rings is 1. The summed E-state index contributed by atoms with van der Waals surface area (Å²) >= 11 is 0. The standard InChI is InChI=1S/C11H10N2O2/c1-15-10-5-3-9(4-6-10)11(14)13-8-2-7-12-13/h2-8H,1H3. The van der Waals surface area contributed by atoms with Gasteiger partial charge in [-0.1, -0.05) is 0 Å². The van der Waals surface area contributed by atoms with E-state index in [9.17, 15) is 4.79 Å². The van der Waals surface area contributed by atoms with Gasteiger partial charge in [-0.05, 0) is 30.3 Å². The van der Waals surface area contributed by atoms with Gasteiger partial charge in [0.05, 0.1) is 7.11 Å². The van der Waals surface area contributed by atoms with Crippen molar-refractivity contribution in [3.63, 3.8) is 0 Å². The molecule has 0 aliphatic rings. The molecular weight excluding hydrogens is 192 g/mol. The van der Waals surface area contributed by atoms with Crippen LogP contribution in [0, 0.1) is 0 Å². The quantitative estimate of drug-likeness (QED) is 0.742. The van der Waals surface area contributed by atoms with Crippen molar-refractivity contribution >= 4 is 5.91 Å². The van der Waals surface area contributed by atoms with Gasteiger partial charge >= 0.3 is 0 Å². The van der Waals surface area contributed by atoms with Gasteiger partial charge in [-0.25, -0.2) is 4.68 Å². The number of rotatable bonds is 2. The molecule has 0 aliphatic heterocycles. The van der Waals surface area contributed by atoms with E-state index in [1.54, 1.807) is 49.8 Å². The van der Waals surface area contributed by atoms with E-state index in [2.05, 4.69) is 5.10 Å². The van der Waals surface area contributed by atoms with Gasteiger partial charge in [-0.2, -0.15) is 5.10 Å². The van der Waals surface area contributed by atoms with Crippen molar-refractivity contribution in [3.8, 4) is 5.75 Å². The fourth-order valence-corrected chi connectivity index (χ4v) is 1.25. The normalized spacial score (nSPS) is 9.93. The first-order chi connectivity index (χ1) is 7.31. The largest absolute Gasteiger partial charge is 0.497 e. The average Bonchev–Trinajstić information content (AvgIpc) is 2.82. The van der Waals surface area contributed by atoms with E-state index in [1.807, 2.05) is 0 Å². The maximum absolute atomic E-state index is 11.8. The van der Waals surface area contributed by atoms with Crippen LogP contribution in [-0.4, -0.2) is 22.8 Å². The lowest BCUT2D eigenvalue weighted by molar-refractivity contribution is 0.0945. The second-order valence-corrected chi connectivity index (χ2v) is 2.98. The minimum Gasteiger partial charge on any atom is -0.497 e. The summed E-state index contributed by atoms with van der Waals surface area (Å²) in [5.74, 6) is 0.578. The van der Waals surface area contributed by atoms with E-state index >= 15 is 0 Å². The molecule has 0 radical (unpaired) electrons. The van der Waals surface area contributed by atoms with Gasteiger partial charge in [0, 0.05) is 18.0 Å². The van der Waals surface area contributed by atoms with Gasteiger partial charge in [0.2, 0.25) is 0 Å². The number of hydrogen-bond donors (Lipinski definition) is 0. The smallest absolute Gasteiger partial charge is 0.278 e. The summed E-state index contributed by atoms with van der Waals surface area (Å²) in [4.78, 5) is 11.8. The molecule has 0 saturated carbocycles. The third-order valence-electron chi connectivity index (χ3n) is 2.05. The first-order valence-corrected chi connectivity index (χ1v) is 4.49. The maximum Gasteiger partial charge on any atom is 0.278 e. The Labute approximate surface area is 87.1 Å². The molecule has 0 bridgehead atoms. The van der Waals surface area contributed by atoms with Crippen LogP contribution in [-0.2, 0) is 0 Å². The van der Waals surface area contributed by atoms with Crippen molar-refractivity contribution in [2.45, 2.75) is 0 Å². The number of hydrogen-bond acceptors (Lipinski definition) is 3. The lowest BCUT2D eigenvalue weighted by Gasteiger charge is -2.02. The molecule has 2 rings (SSSR count). The van der Waals surface area contributed by atoms with Gasteiger partial charge < -0.3 is 4.74 Å². The van der Waals surface area contributed by atoms with Crippen LogP contribution in [0.15, 0.2) is 42.7 Å². The summed E-state index contributed by atoms with van der Waals surface area (Å²) in [7, 11) is 1.59. The van der Waals surface area contributed by atoms with Crippen molar-refractivity contribution in [1.29, 1.82) is 0 Å². The molecule has 2 aromatic rings. The van der Waals surface area contributed by atoms with Crippen molar-refractivity contribution in [2.24, 2.45) is 0 Å². The molecular formula is C11H10N2O2. The fourth-order valence-electron chi connectivity index (χ4n) is 1.25. The van der Waals surface area contributed by atoms with Crippen LogP contribution >= 0.6 is 0 Å². The Morgan fingerprint density at radius 2 is 2.07 bits per heavy atom. The van der Waals surface area contributed by atoms with Crippen molar-refractivity contribution in [1.82, 2.24) is 9.78 Å². The van der Waals surface area contributed by atoms with Gasteiger partial charge in [-0.15, -0.1) is 0 Å². The van der Waals surface area contributed by atoms with Crippen LogP contribution in [0.1, 0.15) is 10.4 Å². The Bertz CT molecular complexity index is 446. The topological polar surface area (TPSA) is 44.1 Å². The fraction of sp³-hybridized carbons (Fsp3) is 0.0909. The van der Waals surface area contributed by atoms with Crippen LogP contribution in [0.25, 0.3) is 0 Å². The molecule has 76 valence electrons. The van der Waals surface area contributed by atoms with E-state index in [0.29, 0.717) is 5.56 Å². The molecule has 0 N–H and O–H groups in total. The summed E-state index contributed by atoms with van der Waals surface area (Å²) in [6, 6.07) is 8.63. The van der Waals surface area contributed by atoms with Gasteiger partial charge in [0.25, 0.3) is 5.91 Å². The molecule has 0 fully saturated rings. The number of ether oxygens (including phenoxy) is 1. The number of carbonyl (C=O) groups is 1. The molecule has 15 heavy (non-hydrogen) atoms. The highest BCUT2D eigenvalue weighted by atomic mass is 16.5. The molecule has 4 nitrogen and oxygen atoms in total. The van der Waals surface area contributed by atoms with Gasteiger partial charge in [-0.3, -0.25) is 4.79 Å². The summed E-state index contributed by atoms with van der Waals surface area (Å²) in [5.41, 5.74) is 0.583. The maximum atomic E-state index is 11.8. The minimum absolute atomic E-state index is 0.150. The number of carbonyl (C=O) groups excluding carboxylic acids is 1. The SMILES string of the molecule is COc1ccc(C(=O)n2cccn2)cc1. The second-order valence-electron chi connectivity index (χ2n) is 2.98. The van der Waals surface area contributed by atoms with E-state index < -0.39 is 0 Å². The van der Waals surface area contributed by atoms with Crippen molar-refractivity contribution < 1.29 is 9.53 Å². The van der Waals surface area contributed by atoms with Crippen LogP contribution in [0.4, 0.5) is 0 Å². The van der Waals surface area contributed by atoms with Crippen LogP contribution in [0.5, 0.6) is 5.75 Å². The molecule has 0 amide bonds. The van der Waals surface area contributed by atoms with Gasteiger partial charge in [0.15, 0.2) is 0 Å². The van der Waals surface area contributed by atoms with Gasteiger partial charge in [0.1, 0.15) is 5.75 Å². The third kappa shape index (κ3) is 1.88. The highest BCUT2D eigenvalue weighted by Crippen LogP contribution is 2.11. The van der Waals surface area contributed by atoms with E-state index in [0.717, 1.165) is 5.75 Å². The zero-order valence-electron chi connectivity index (χ0n) is 8.25. The van der Waals surface area contributed by atoms with Crippen LogP contribution in [0.3, 0.4) is 0 Å². The minimum atomic E-state index is -0.150. The third-order valence-corrected chi connectivity index (χ3v) is 2.05. The predicted octanol–water partition coefficient (Wildman–Crippen LogP) is 1.58. The Balaban J connectivity index is 2.27. The molecule has 0 aliphatic carbocycles. The predicted molar refractivity (Wildman–Crippen MR) is 54.9 cm³/mol. The molecule has 1 heterocycles. The highest BCUT2D eigenvalue weighted by Gasteiger charge is 2.07. The summed E-state index contributed by atoms with van der Waals surface area (Å²) in [5, 5.41) is 3.87. The van der Waals surface area contributed by atoms with E-state index in [-0.39, 0.29) is 5.91 Å². The number of aromatic nitrogens is 2. The Morgan fingerprint density at radius 1 is 1.33 bits per heavy atom. The number of nitrogens with zero attached hydrogens (tertiary/aromatic N) is 2. The Morgan fingerprint density at radius 3 is 2.60 bits per heavy atom. The molecule has 0 atom stereocenters. The van der Waals surface area contributed by atoms with E-state index in [1.165, 1.54) is 4.68 Å². The summed E-state index contributed by atoms with van der Waals surface area (Å²) in [6.45, 7) is 0. The Hall–Kier alpha value is -2.10. The number of methoxy groups -OCH3 is 1. The monoisotopic (exact) mass is 202 g/mol. The Kier molecular flexibility index (Phi) is 2.49. The molecule has 1 aromatic heterocycles. The highest BCUT2D eigenvalue weighted by molar-refractivity contribution is 5.95. The lowest BCUT2D eigenvalue weighted by Crippen LogP contribution is -2.11. The molecule has 0 saturated heterocycles. The van der Waals surface area contributed by atoms with Crippen LogP contribution in [0.2, 0.25) is 0 Å². The lowest BCUT2D eigenvalue weighted by atomic mass is 10.2. The molecule has 0 spiro atoms.